The van der Waals surface area contributed by atoms with Crippen molar-refractivity contribution in [3.05, 3.63) is 12.4 Å². The van der Waals surface area contributed by atoms with E-state index in [1.165, 1.54) is 18.8 Å². The highest BCUT2D eigenvalue weighted by Gasteiger charge is 2.28. The van der Waals surface area contributed by atoms with Gasteiger partial charge in [0.1, 0.15) is 4.90 Å². The molecule has 7 heteroatoms. The van der Waals surface area contributed by atoms with E-state index in [1.54, 1.807) is 0 Å². The van der Waals surface area contributed by atoms with Crippen molar-refractivity contribution in [2.24, 2.45) is 5.92 Å². The summed E-state index contributed by atoms with van der Waals surface area (Å²) in [5.74, 6) is 0.894. The van der Waals surface area contributed by atoms with Crippen molar-refractivity contribution < 1.29 is 8.42 Å². The van der Waals surface area contributed by atoms with Crippen LogP contribution < -0.4 is 10.0 Å². The Morgan fingerprint density at radius 3 is 2.47 bits per heavy atom. The van der Waals surface area contributed by atoms with Crippen LogP contribution in [0.4, 0.5) is 5.95 Å². The van der Waals surface area contributed by atoms with E-state index in [0.717, 1.165) is 12.8 Å². The van der Waals surface area contributed by atoms with Crippen molar-refractivity contribution in [1.29, 1.82) is 0 Å². The van der Waals surface area contributed by atoms with Gasteiger partial charge in [-0.3, -0.25) is 0 Å². The highest BCUT2D eigenvalue weighted by Crippen LogP contribution is 2.30. The van der Waals surface area contributed by atoms with E-state index < -0.39 is 10.0 Å². The molecule has 1 fully saturated rings. The topological polar surface area (TPSA) is 84.0 Å². The number of hydrogen-bond donors (Lipinski definition) is 2. The first kappa shape index (κ1) is 14.2. The molecule has 106 valence electrons. The van der Waals surface area contributed by atoms with Gasteiger partial charge in [-0.1, -0.05) is 6.42 Å². The summed E-state index contributed by atoms with van der Waals surface area (Å²) in [6.45, 7) is 4.54. The third-order valence-corrected chi connectivity index (χ3v) is 4.98. The highest BCUT2D eigenvalue weighted by molar-refractivity contribution is 7.89. The van der Waals surface area contributed by atoms with Crippen LogP contribution in [0.1, 0.15) is 33.1 Å². The van der Waals surface area contributed by atoms with E-state index in [2.05, 4.69) is 20.0 Å². The van der Waals surface area contributed by atoms with Gasteiger partial charge in [0, 0.05) is 12.6 Å². The second-order valence-electron chi connectivity index (χ2n) is 4.87. The number of nitrogens with one attached hydrogen (secondary N) is 2. The maximum atomic E-state index is 12.1. The van der Waals surface area contributed by atoms with Crippen LogP contribution in [0.3, 0.4) is 0 Å². The van der Waals surface area contributed by atoms with Gasteiger partial charge < -0.3 is 5.32 Å². The number of nitrogens with zero attached hydrogens (tertiary/aromatic N) is 2. The largest absolute Gasteiger partial charge is 0.355 e. The monoisotopic (exact) mass is 284 g/mol. The second kappa shape index (κ2) is 5.83. The average molecular weight is 284 g/mol. The van der Waals surface area contributed by atoms with Gasteiger partial charge in [-0.05, 0) is 32.6 Å². The highest BCUT2D eigenvalue weighted by atomic mass is 32.2. The number of anilines is 1. The molecule has 2 N–H and O–H groups in total. The van der Waals surface area contributed by atoms with Crippen LogP contribution in [0, 0.1) is 5.92 Å². The standard InChI is InChI=1S/C12H20N4O2S/c1-3-13-12-14-7-11(8-15-12)19(17,18)16-9(2)10-5-4-6-10/h7-10,16H,3-6H2,1-2H3,(H,13,14,15). The zero-order valence-electron chi connectivity index (χ0n) is 11.3. The predicted molar refractivity (Wildman–Crippen MR) is 73.3 cm³/mol. The van der Waals surface area contributed by atoms with Crippen LogP contribution in [0.25, 0.3) is 0 Å². The minimum atomic E-state index is -3.52. The van der Waals surface area contributed by atoms with E-state index in [0.29, 0.717) is 18.4 Å². The summed E-state index contributed by atoms with van der Waals surface area (Å²) in [5.41, 5.74) is 0. The zero-order chi connectivity index (χ0) is 13.9. The lowest BCUT2D eigenvalue weighted by Crippen LogP contribution is -2.40. The van der Waals surface area contributed by atoms with Crippen LogP contribution >= 0.6 is 0 Å². The van der Waals surface area contributed by atoms with Gasteiger partial charge in [0.15, 0.2) is 0 Å². The lowest BCUT2D eigenvalue weighted by atomic mass is 9.81. The van der Waals surface area contributed by atoms with Gasteiger partial charge in [0.25, 0.3) is 0 Å². The van der Waals surface area contributed by atoms with Crippen molar-refractivity contribution in [2.75, 3.05) is 11.9 Å². The molecule has 1 aromatic rings. The summed E-state index contributed by atoms with van der Waals surface area (Å²) >= 11 is 0. The van der Waals surface area contributed by atoms with Crippen LogP contribution in [0.5, 0.6) is 0 Å². The fourth-order valence-electron chi connectivity index (χ4n) is 2.05. The first-order chi connectivity index (χ1) is 9.03. The molecule has 19 heavy (non-hydrogen) atoms. The third-order valence-electron chi connectivity index (χ3n) is 3.47. The van der Waals surface area contributed by atoms with E-state index in [1.807, 2.05) is 13.8 Å². The maximum Gasteiger partial charge on any atom is 0.243 e. The number of aromatic nitrogens is 2. The lowest BCUT2D eigenvalue weighted by molar-refractivity contribution is 0.260. The summed E-state index contributed by atoms with van der Waals surface area (Å²) < 4.78 is 27.0. The molecule has 1 saturated carbocycles. The molecule has 1 unspecified atom stereocenters. The Morgan fingerprint density at radius 2 is 2.00 bits per heavy atom. The van der Waals surface area contributed by atoms with Crippen molar-refractivity contribution in [1.82, 2.24) is 14.7 Å². The first-order valence-electron chi connectivity index (χ1n) is 6.61. The molecular formula is C12H20N4O2S. The van der Waals surface area contributed by atoms with Gasteiger partial charge in [0.05, 0.1) is 12.4 Å². The van der Waals surface area contributed by atoms with Crippen LogP contribution in [-0.2, 0) is 10.0 Å². The molecule has 6 nitrogen and oxygen atoms in total. The normalized spacial score (nSPS) is 17.8. The second-order valence-corrected chi connectivity index (χ2v) is 6.59. The molecule has 1 atom stereocenters. The fourth-order valence-corrected chi connectivity index (χ4v) is 3.25. The van der Waals surface area contributed by atoms with E-state index in [-0.39, 0.29) is 10.9 Å². The minimum absolute atomic E-state index is 0.0350. The van der Waals surface area contributed by atoms with Crippen molar-refractivity contribution in [2.45, 2.75) is 44.0 Å². The molecule has 1 aliphatic carbocycles. The molecule has 1 heterocycles. The summed E-state index contributed by atoms with van der Waals surface area (Å²) in [7, 11) is -3.52. The lowest BCUT2D eigenvalue weighted by Gasteiger charge is -2.31. The minimum Gasteiger partial charge on any atom is -0.355 e. The van der Waals surface area contributed by atoms with Gasteiger partial charge >= 0.3 is 0 Å². The summed E-state index contributed by atoms with van der Waals surface area (Å²) in [6.07, 6.45) is 6.05. The molecule has 1 aromatic heterocycles. The van der Waals surface area contributed by atoms with Crippen molar-refractivity contribution in [3.8, 4) is 0 Å². The summed E-state index contributed by atoms with van der Waals surface area (Å²) in [6, 6.07) is -0.0350. The molecule has 0 spiro atoms. The Bertz CT molecular complexity index is 511. The quantitative estimate of drug-likeness (QED) is 0.824. The van der Waals surface area contributed by atoms with Crippen molar-refractivity contribution in [3.63, 3.8) is 0 Å². The summed E-state index contributed by atoms with van der Waals surface area (Å²) in [4.78, 5) is 8.07. The molecule has 0 bridgehead atoms. The first-order valence-corrected chi connectivity index (χ1v) is 8.09. The van der Waals surface area contributed by atoms with E-state index in [9.17, 15) is 8.42 Å². The van der Waals surface area contributed by atoms with Gasteiger partial charge in [-0.15, -0.1) is 0 Å². The smallest absolute Gasteiger partial charge is 0.243 e. The Kier molecular flexibility index (Phi) is 4.36. The van der Waals surface area contributed by atoms with E-state index in [4.69, 9.17) is 0 Å². The fraction of sp³-hybridized carbons (Fsp3) is 0.667. The SMILES string of the molecule is CCNc1ncc(S(=O)(=O)NC(C)C2CCC2)cn1. The number of hydrogen-bond acceptors (Lipinski definition) is 5. The molecule has 0 aliphatic heterocycles. The van der Waals surface area contributed by atoms with Gasteiger partial charge in [-0.25, -0.2) is 23.1 Å². The van der Waals surface area contributed by atoms with Crippen molar-refractivity contribution >= 4 is 16.0 Å². The molecule has 0 aromatic carbocycles. The zero-order valence-corrected chi connectivity index (χ0v) is 12.1. The molecule has 1 aliphatic rings. The Hall–Kier alpha value is -1.21. The van der Waals surface area contributed by atoms with Gasteiger partial charge in [-0.2, -0.15) is 0 Å². The molecule has 0 amide bonds. The third kappa shape index (κ3) is 3.42. The van der Waals surface area contributed by atoms with Crippen LogP contribution in [0.2, 0.25) is 0 Å². The summed E-state index contributed by atoms with van der Waals surface area (Å²) in [5, 5.41) is 2.93. The predicted octanol–water partition coefficient (Wildman–Crippen LogP) is 1.38. The molecule has 0 radical (unpaired) electrons. The number of rotatable bonds is 6. The van der Waals surface area contributed by atoms with E-state index >= 15 is 0 Å². The van der Waals surface area contributed by atoms with Crippen LogP contribution in [-0.4, -0.2) is 31.0 Å². The Labute approximate surface area is 114 Å². The molecular weight excluding hydrogens is 264 g/mol. The Morgan fingerprint density at radius 1 is 1.37 bits per heavy atom. The number of sulfonamides is 1. The van der Waals surface area contributed by atoms with Crippen LogP contribution in [0.15, 0.2) is 17.3 Å². The maximum absolute atomic E-state index is 12.1. The van der Waals surface area contributed by atoms with Gasteiger partial charge in [0.2, 0.25) is 16.0 Å². The molecule has 0 saturated heterocycles. The molecule has 2 rings (SSSR count). The average Bonchev–Trinajstić information content (AvgIpc) is 2.27. The Balaban J connectivity index is 2.05.